The van der Waals surface area contributed by atoms with Crippen molar-refractivity contribution in [3.63, 3.8) is 0 Å². The number of aromatic nitrogens is 5. The van der Waals surface area contributed by atoms with Crippen LogP contribution in [0.3, 0.4) is 0 Å². The van der Waals surface area contributed by atoms with Gasteiger partial charge in [0, 0.05) is 30.5 Å². The smallest absolute Gasteiger partial charge is 0.307 e. The fourth-order valence-corrected chi connectivity index (χ4v) is 3.36. The molecule has 1 atom stereocenters. The molecule has 8 heteroatoms. The first-order chi connectivity index (χ1) is 14.0. The van der Waals surface area contributed by atoms with Crippen molar-refractivity contribution in [2.45, 2.75) is 53.6 Å². The van der Waals surface area contributed by atoms with Crippen molar-refractivity contribution in [2.24, 2.45) is 11.8 Å². The molecule has 8 nitrogen and oxygen atoms in total. The lowest BCUT2D eigenvalue weighted by Gasteiger charge is -2.20. The van der Waals surface area contributed by atoms with E-state index in [1.807, 2.05) is 12.4 Å². The average molecular weight is 399 g/mol. The molecule has 3 aromatic heterocycles. The number of nitrogens with one attached hydrogen (secondary N) is 1. The maximum Gasteiger partial charge on any atom is 0.307 e. The number of ether oxygens (including phenoxy) is 1. The molecule has 0 bridgehead atoms. The molecule has 3 rings (SSSR count). The highest BCUT2D eigenvalue weighted by molar-refractivity contribution is 5.76. The summed E-state index contributed by atoms with van der Waals surface area (Å²) in [6, 6.07) is 2.06. The summed E-state index contributed by atoms with van der Waals surface area (Å²) < 4.78 is 8.85. The van der Waals surface area contributed by atoms with Gasteiger partial charge in [-0.1, -0.05) is 27.2 Å². The number of aryl methyl sites for hydroxylation is 1. The minimum atomic E-state index is -0.223. The number of nitrogens with zero attached hydrogens (tertiary/aromatic N) is 5. The van der Waals surface area contributed by atoms with Crippen LogP contribution in [0.2, 0.25) is 0 Å². The highest BCUT2D eigenvalue weighted by atomic mass is 16.5. The minimum absolute atomic E-state index is 0.223. The quantitative estimate of drug-likeness (QED) is 0.519. The highest BCUT2D eigenvalue weighted by Crippen LogP contribution is 2.22. The van der Waals surface area contributed by atoms with Crippen molar-refractivity contribution in [3.05, 3.63) is 30.9 Å². The van der Waals surface area contributed by atoms with Crippen LogP contribution in [0, 0.1) is 11.8 Å². The van der Waals surface area contributed by atoms with Crippen molar-refractivity contribution >= 4 is 28.6 Å². The monoisotopic (exact) mass is 398 g/mol. The molecular formula is C21H30N6O2. The molecule has 3 heterocycles. The van der Waals surface area contributed by atoms with E-state index in [-0.39, 0.29) is 5.97 Å². The Morgan fingerprint density at radius 2 is 2.10 bits per heavy atom. The molecule has 3 aromatic rings. The molecule has 0 aliphatic heterocycles. The summed E-state index contributed by atoms with van der Waals surface area (Å²) in [5.41, 5.74) is 1.70. The fraction of sp³-hybridized carbons (Fsp3) is 0.524. The Hall–Kier alpha value is -2.90. The standard InChI is InChI=1S/C21H30N6O2/c1-5-16(15(3)4)13-26-9-7-17-11-22-21(25-20(17)26)24-18-12-23-27(14-18)10-8-19(28)29-6-2/h7,9,11-12,14-16H,5-6,8,10,13H2,1-4H3,(H,22,24,25)/t16-/m1/s1. The van der Waals surface area contributed by atoms with Crippen LogP contribution in [0.25, 0.3) is 11.0 Å². The van der Waals surface area contributed by atoms with Gasteiger partial charge in [-0.25, -0.2) is 4.98 Å². The number of hydrogen-bond acceptors (Lipinski definition) is 6. The third-order valence-electron chi connectivity index (χ3n) is 5.14. The Labute approximate surface area is 171 Å². The summed E-state index contributed by atoms with van der Waals surface area (Å²) in [5.74, 6) is 1.53. The lowest BCUT2D eigenvalue weighted by atomic mass is 9.93. The zero-order chi connectivity index (χ0) is 20.8. The van der Waals surface area contributed by atoms with Gasteiger partial charge in [-0.2, -0.15) is 10.1 Å². The maximum atomic E-state index is 11.5. The van der Waals surface area contributed by atoms with Gasteiger partial charge in [-0.05, 0) is 24.8 Å². The van der Waals surface area contributed by atoms with Gasteiger partial charge in [-0.3, -0.25) is 9.48 Å². The van der Waals surface area contributed by atoms with Crippen LogP contribution in [-0.4, -0.2) is 36.9 Å². The molecule has 1 N–H and O–H groups in total. The molecule has 0 saturated heterocycles. The Balaban J connectivity index is 1.69. The molecule has 0 fully saturated rings. The number of rotatable bonds is 10. The van der Waals surface area contributed by atoms with Crippen LogP contribution >= 0.6 is 0 Å². The first-order valence-electron chi connectivity index (χ1n) is 10.3. The van der Waals surface area contributed by atoms with Gasteiger partial charge in [-0.15, -0.1) is 0 Å². The Morgan fingerprint density at radius 1 is 1.28 bits per heavy atom. The van der Waals surface area contributed by atoms with Crippen LogP contribution in [-0.2, 0) is 22.6 Å². The third kappa shape index (κ3) is 5.34. The van der Waals surface area contributed by atoms with Gasteiger partial charge in [0.05, 0.1) is 31.5 Å². The van der Waals surface area contributed by atoms with E-state index in [1.54, 1.807) is 17.8 Å². The van der Waals surface area contributed by atoms with Crippen LogP contribution in [0.5, 0.6) is 0 Å². The van der Waals surface area contributed by atoms with Gasteiger partial charge in [0.2, 0.25) is 5.95 Å². The molecule has 29 heavy (non-hydrogen) atoms. The van der Waals surface area contributed by atoms with E-state index in [0.717, 1.165) is 29.7 Å². The van der Waals surface area contributed by atoms with E-state index in [0.29, 0.717) is 37.4 Å². The van der Waals surface area contributed by atoms with Gasteiger partial charge in [0.15, 0.2) is 0 Å². The highest BCUT2D eigenvalue weighted by Gasteiger charge is 2.14. The summed E-state index contributed by atoms with van der Waals surface area (Å²) in [7, 11) is 0. The van der Waals surface area contributed by atoms with Crippen LogP contribution < -0.4 is 5.32 Å². The van der Waals surface area contributed by atoms with Gasteiger partial charge >= 0.3 is 5.97 Å². The van der Waals surface area contributed by atoms with Crippen molar-refractivity contribution in [2.75, 3.05) is 11.9 Å². The van der Waals surface area contributed by atoms with Crippen LogP contribution in [0.15, 0.2) is 30.9 Å². The van der Waals surface area contributed by atoms with E-state index in [9.17, 15) is 4.79 Å². The van der Waals surface area contributed by atoms with E-state index in [4.69, 9.17) is 9.72 Å². The molecule has 0 radical (unpaired) electrons. The summed E-state index contributed by atoms with van der Waals surface area (Å²) in [4.78, 5) is 20.6. The second-order valence-electron chi connectivity index (χ2n) is 7.53. The molecule has 0 unspecified atom stereocenters. The number of fused-ring (bicyclic) bond motifs is 1. The number of esters is 1. The van der Waals surface area contributed by atoms with Crippen LogP contribution in [0.1, 0.15) is 40.5 Å². The normalized spacial score (nSPS) is 12.4. The topological polar surface area (TPSA) is 86.9 Å². The Bertz CT molecular complexity index is 946. The minimum Gasteiger partial charge on any atom is -0.466 e. The van der Waals surface area contributed by atoms with E-state index < -0.39 is 0 Å². The van der Waals surface area contributed by atoms with Crippen molar-refractivity contribution in [3.8, 4) is 0 Å². The SMILES string of the molecule is CCOC(=O)CCn1cc(Nc2ncc3ccn(C[C@@H](CC)C(C)C)c3n2)cn1. The van der Waals surface area contributed by atoms with Gasteiger partial charge in [0.25, 0.3) is 0 Å². The molecule has 0 aromatic carbocycles. The lowest BCUT2D eigenvalue weighted by Crippen LogP contribution is -2.15. The predicted molar refractivity (Wildman–Crippen MR) is 113 cm³/mol. The first-order valence-corrected chi connectivity index (χ1v) is 10.3. The molecule has 0 saturated carbocycles. The van der Waals surface area contributed by atoms with Crippen molar-refractivity contribution < 1.29 is 9.53 Å². The molecule has 0 spiro atoms. The summed E-state index contributed by atoms with van der Waals surface area (Å²) in [6.07, 6.45) is 8.88. The zero-order valence-corrected chi connectivity index (χ0v) is 17.6. The number of anilines is 2. The lowest BCUT2D eigenvalue weighted by molar-refractivity contribution is -0.143. The van der Waals surface area contributed by atoms with E-state index >= 15 is 0 Å². The molecule has 0 aliphatic carbocycles. The number of carbonyl (C=O) groups is 1. The van der Waals surface area contributed by atoms with Crippen molar-refractivity contribution in [1.82, 2.24) is 24.3 Å². The Kier molecular flexibility index (Phi) is 6.85. The van der Waals surface area contributed by atoms with E-state index in [2.05, 4.69) is 53.0 Å². The summed E-state index contributed by atoms with van der Waals surface area (Å²) in [5, 5.41) is 8.50. The van der Waals surface area contributed by atoms with Crippen LogP contribution in [0.4, 0.5) is 11.6 Å². The van der Waals surface area contributed by atoms with Crippen molar-refractivity contribution in [1.29, 1.82) is 0 Å². The summed E-state index contributed by atoms with van der Waals surface area (Å²) >= 11 is 0. The molecule has 0 aliphatic rings. The Morgan fingerprint density at radius 3 is 2.83 bits per heavy atom. The number of carbonyl (C=O) groups excluding carboxylic acids is 1. The zero-order valence-electron chi connectivity index (χ0n) is 17.6. The molecular weight excluding hydrogens is 368 g/mol. The number of hydrogen-bond donors (Lipinski definition) is 1. The maximum absolute atomic E-state index is 11.5. The second kappa shape index (κ2) is 9.54. The van der Waals surface area contributed by atoms with Gasteiger partial charge in [0.1, 0.15) is 5.65 Å². The predicted octanol–water partition coefficient (Wildman–Crippen LogP) is 4.01. The first kappa shape index (κ1) is 20.8. The second-order valence-corrected chi connectivity index (χ2v) is 7.53. The van der Waals surface area contributed by atoms with E-state index in [1.165, 1.54) is 0 Å². The molecule has 156 valence electrons. The molecule has 0 amide bonds. The van der Waals surface area contributed by atoms with Gasteiger partial charge < -0.3 is 14.6 Å². The fourth-order valence-electron chi connectivity index (χ4n) is 3.36. The largest absolute Gasteiger partial charge is 0.466 e. The third-order valence-corrected chi connectivity index (χ3v) is 5.14. The summed E-state index contributed by atoms with van der Waals surface area (Å²) in [6.45, 7) is 10.4. The average Bonchev–Trinajstić information content (AvgIpc) is 3.31.